The van der Waals surface area contributed by atoms with Crippen molar-refractivity contribution in [2.45, 2.75) is 6.54 Å². The molecule has 10 heteroatoms. The van der Waals surface area contributed by atoms with Crippen molar-refractivity contribution in [3.05, 3.63) is 85.8 Å². The van der Waals surface area contributed by atoms with E-state index in [1.807, 2.05) is 18.2 Å². The summed E-state index contributed by atoms with van der Waals surface area (Å²) in [5.41, 5.74) is 3.87. The maximum absolute atomic E-state index is 13.1. The quantitative estimate of drug-likeness (QED) is 0.391. The molecule has 0 saturated heterocycles. The summed E-state index contributed by atoms with van der Waals surface area (Å²) >= 11 is 6.03. The predicted octanol–water partition coefficient (Wildman–Crippen LogP) is 1.98. The van der Waals surface area contributed by atoms with Crippen molar-refractivity contribution >= 4 is 34.9 Å². The van der Waals surface area contributed by atoms with Crippen LogP contribution in [0.25, 0.3) is 11.2 Å². The van der Waals surface area contributed by atoms with E-state index in [0.29, 0.717) is 16.7 Å². The van der Waals surface area contributed by atoms with Gasteiger partial charge in [0.2, 0.25) is 5.95 Å². The number of hydrogen-bond donors (Lipinski definition) is 1. The van der Waals surface area contributed by atoms with Crippen molar-refractivity contribution in [3.63, 3.8) is 0 Å². The van der Waals surface area contributed by atoms with Gasteiger partial charge in [0.1, 0.15) is 0 Å². The molecule has 0 radical (unpaired) electrons. The van der Waals surface area contributed by atoms with Crippen LogP contribution >= 0.6 is 11.6 Å². The van der Waals surface area contributed by atoms with Gasteiger partial charge in [0, 0.05) is 25.3 Å². The van der Waals surface area contributed by atoms with Gasteiger partial charge in [0.05, 0.1) is 18.5 Å². The number of anilines is 1. The third-order valence-corrected chi connectivity index (χ3v) is 4.87. The zero-order valence-electron chi connectivity index (χ0n) is 16.3. The summed E-state index contributed by atoms with van der Waals surface area (Å²) in [5, 5.41) is 4.66. The standard InChI is InChI=1S/C20H18ClN7O2/c1-26-16-17(24-19(26)25-23-11-15-8-3-4-9-22-15)27(2)20(30)28(18(16)29)12-13-6-5-7-14(21)10-13/h3-11H,12H2,1-2H3,(H,24,25)/b23-11-. The summed E-state index contributed by atoms with van der Waals surface area (Å²) in [6, 6.07) is 12.5. The Morgan fingerprint density at radius 1 is 1.13 bits per heavy atom. The minimum Gasteiger partial charge on any atom is -0.306 e. The number of hydrogen-bond acceptors (Lipinski definition) is 6. The Kier molecular flexibility index (Phi) is 5.20. The molecule has 3 aromatic heterocycles. The van der Waals surface area contributed by atoms with Crippen molar-refractivity contribution in [1.82, 2.24) is 23.7 Å². The molecule has 152 valence electrons. The molecule has 1 N–H and O–H groups in total. The largest absolute Gasteiger partial charge is 0.332 e. The fourth-order valence-electron chi connectivity index (χ4n) is 3.11. The molecule has 0 saturated carbocycles. The first-order chi connectivity index (χ1) is 14.5. The van der Waals surface area contributed by atoms with E-state index in [0.717, 1.165) is 10.1 Å². The lowest BCUT2D eigenvalue weighted by atomic mass is 10.2. The highest BCUT2D eigenvalue weighted by molar-refractivity contribution is 6.30. The highest BCUT2D eigenvalue weighted by atomic mass is 35.5. The number of benzene rings is 1. The molecule has 3 heterocycles. The van der Waals surface area contributed by atoms with Crippen LogP contribution in [0.15, 0.2) is 63.4 Å². The van der Waals surface area contributed by atoms with E-state index in [2.05, 4.69) is 20.5 Å². The number of rotatable bonds is 5. The van der Waals surface area contributed by atoms with E-state index in [1.54, 1.807) is 49.1 Å². The second-order valence-electron chi connectivity index (χ2n) is 6.65. The van der Waals surface area contributed by atoms with Gasteiger partial charge in [-0.15, -0.1) is 0 Å². The van der Waals surface area contributed by atoms with Gasteiger partial charge in [-0.25, -0.2) is 10.2 Å². The molecule has 0 aliphatic heterocycles. The normalized spacial score (nSPS) is 11.4. The Bertz CT molecular complexity index is 1370. The van der Waals surface area contributed by atoms with Gasteiger partial charge in [-0.2, -0.15) is 10.1 Å². The Morgan fingerprint density at radius 2 is 1.97 bits per heavy atom. The third kappa shape index (κ3) is 3.62. The Labute approximate surface area is 175 Å². The first kappa shape index (κ1) is 19.6. The van der Waals surface area contributed by atoms with Crippen molar-refractivity contribution in [2.75, 3.05) is 5.43 Å². The van der Waals surface area contributed by atoms with Gasteiger partial charge in [0.25, 0.3) is 5.56 Å². The lowest BCUT2D eigenvalue weighted by Crippen LogP contribution is -2.39. The van der Waals surface area contributed by atoms with Crippen LogP contribution in [0, 0.1) is 0 Å². The Balaban J connectivity index is 1.74. The molecule has 0 atom stereocenters. The number of nitrogens with one attached hydrogen (secondary N) is 1. The summed E-state index contributed by atoms with van der Waals surface area (Å²) in [6.45, 7) is 0.105. The van der Waals surface area contributed by atoms with E-state index >= 15 is 0 Å². The van der Waals surface area contributed by atoms with E-state index in [4.69, 9.17) is 11.6 Å². The van der Waals surface area contributed by atoms with E-state index in [9.17, 15) is 9.59 Å². The highest BCUT2D eigenvalue weighted by Gasteiger charge is 2.18. The average Bonchev–Trinajstić information content (AvgIpc) is 3.07. The molecule has 1 aromatic carbocycles. The fraction of sp³-hybridized carbons (Fsp3) is 0.150. The third-order valence-electron chi connectivity index (χ3n) is 4.64. The lowest BCUT2D eigenvalue weighted by molar-refractivity contribution is 0.655. The first-order valence-electron chi connectivity index (χ1n) is 9.06. The second kappa shape index (κ2) is 7.96. The summed E-state index contributed by atoms with van der Waals surface area (Å²) in [7, 11) is 3.26. The number of fused-ring (bicyclic) bond motifs is 1. The number of halogens is 1. The average molecular weight is 424 g/mol. The van der Waals surface area contributed by atoms with Crippen LogP contribution in [0.3, 0.4) is 0 Å². The van der Waals surface area contributed by atoms with Crippen LogP contribution in [0.2, 0.25) is 5.02 Å². The van der Waals surface area contributed by atoms with Gasteiger partial charge in [-0.05, 0) is 29.8 Å². The fourth-order valence-corrected chi connectivity index (χ4v) is 3.32. The van der Waals surface area contributed by atoms with E-state index < -0.39 is 11.2 Å². The maximum atomic E-state index is 13.1. The van der Waals surface area contributed by atoms with E-state index in [1.165, 1.54) is 10.8 Å². The van der Waals surface area contributed by atoms with Gasteiger partial charge in [-0.1, -0.05) is 29.8 Å². The van der Waals surface area contributed by atoms with Gasteiger partial charge in [-0.3, -0.25) is 18.9 Å². The number of nitrogens with zero attached hydrogens (tertiary/aromatic N) is 6. The zero-order valence-corrected chi connectivity index (χ0v) is 17.0. The number of aromatic nitrogens is 5. The van der Waals surface area contributed by atoms with Gasteiger partial charge < -0.3 is 4.57 Å². The summed E-state index contributed by atoms with van der Waals surface area (Å²) in [5.74, 6) is 0.324. The Morgan fingerprint density at radius 3 is 2.70 bits per heavy atom. The predicted molar refractivity (Wildman–Crippen MR) is 116 cm³/mol. The van der Waals surface area contributed by atoms with Gasteiger partial charge in [0.15, 0.2) is 11.2 Å². The van der Waals surface area contributed by atoms with Crippen molar-refractivity contribution in [1.29, 1.82) is 0 Å². The maximum Gasteiger partial charge on any atom is 0.332 e. The SMILES string of the molecule is Cn1c(N/N=C\c2ccccn2)nc2c1c(=O)n(Cc1cccc(Cl)c1)c(=O)n2C. The molecule has 4 aromatic rings. The van der Waals surface area contributed by atoms with Crippen LogP contribution in [-0.4, -0.2) is 29.9 Å². The van der Waals surface area contributed by atoms with Crippen molar-refractivity contribution < 1.29 is 0 Å². The molecule has 0 unspecified atom stereocenters. The van der Waals surface area contributed by atoms with Crippen LogP contribution in [-0.2, 0) is 20.6 Å². The monoisotopic (exact) mass is 423 g/mol. The molecule has 0 aliphatic carbocycles. The summed E-state index contributed by atoms with van der Waals surface area (Å²) in [4.78, 5) is 34.4. The molecule has 0 bridgehead atoms. The zero-order chi connectivity index (χ0) is 21.3. The molecule has 0 aliphatic rings. The van der Waals surface area contributed by atoms with Crippen molar-refractivity contribution in [2.24, 2.45) is 19.2 Å². The molecule has 0 spiro atoms. The molecule has 9 nitrogen and oxygen atoms in total. The topological polar surface area (TPSA) is 99.1 Å². The van der Waals surface area contributed by atoms with E-state index in [-0.39, 0.29) is 17.7 Å². The molecule has 0 fully saturated rings. The molecule has 4 rings (SSSR count). The number of pyridine rings is 1. The van der Waals surface area contributed by atoms with Crippen LogP contribution < -0.4 is 16.7 Å². The van der Waals surface area contributed by atoms with Crippen LogP contribution in [0.1, 0.15) is 11.3 Å². The van der Waals surface area contributed by atoms with Crippen LogP contribution in [0.4, 0.5) is 5.95 Å². The Hall–Kier alpha value is -3.72. The minimum atomic E-state index is -0.464. The summed E-state index contributed by atoms with van der Waals surface area (Å²) in [6.07, 6.45) is 3.20. The minimum absolute atomic E-state index is 0.105. The number of hydrazone groups is 1. The molecular weight excluding hydrogens is 406 g/mol. The first-order valence-corrected chi connectivity index (χ1v) is 9.44. The summed E-state index contributed by atoms with van der Waals surface area (Å²) < 4.78 is 4.08. The lowest BCUT2D eigenvalue weighted by Gasteiger charge is -2.09. The number of aryl methyl sites for hydroxylation is 2. The highest BCUT2D eigenvalue weighted by Crippen LogP contribution is 2.14. The van der Waals surface area contributed by atoms with Gasteiger partial charge >= 0.3 is 5.69 Å². The number of imidazole rings is 1. The van der Waals surface area contributed by atoms with Crippen molar-refractivity contribution in [3.8, 4) is 0 Å². The van der Waals surface area contributed by atoms with Crippen LogP contribution in [0.5, 0.6) is 0 Å². The molecule has 0 amide bonds. The molecule has 30 heavy (non-hydrogen) atoms. The second-order valence-corrected chi connectivity index (χ2v) is 7.09. The molecular formula is C20H18ClN7O2. The smallest absolute Gasteiger partial charge is 0.306 e.